The fourth-order valence-corrected chi connectivity index (χ4v) is 2.63. The number of amides is 2. The molecule has 2 atom stereocenters. The first-order valence-electron chi connectivity index (χ1n) is 9.28. The molecular weight excluding hydrogens is 410 g/mol. The van der Waals surface area contributed by atoms with Gasteiger partial charge in [-0.15, -0.1) is 0 Å². The van der Waals surface area contributed by atoms with Gasteiger partial charge in [0.15, 0.2) is 5.82 Å². The number of ether oxygens (including phenoxy) is 1. The molecule has 1 heterocycles. The minimum atomic E-state index is -1.32. The van der Waals surface area contributed by atoms with Crippen LogP contribution < -0.4 is 10.6 Å². The Morgan fingerprint density at radius 2 is 1.90 bits per heavy atom. The Morgan fingerprint density at radius 1 is 1.29 bits per heavy atom. The number of anilines is 1. The van der Waals surface area contributed by atoms with Crippen molar-refractivity contribution >= 4 is 23.5 Å². The highest BCUT2D eigenvalue weighted by atomic mass is 16.6. The van der Waals surface area contributed by atoms with Crippen LogP contribution in [0.15, 0.2) is 30.5 Å². The van der Waals surface area contributed by atoms with Gasteiger partial charge in [-0.05, 0) is 38.5 Å². The van der Waals surface area contributed by atoms with Crippen molar-refractivity contribution in [1.29, 1.82) is 0 Å². The maximum Gasteiger partial charge on any atom is 0.413 e. The number of benzene rings is 1. The molecule has 0 unspecified atom stereocenters. The standard InChI is InChI=1S/C19H25N5O7/c1-19(2,3)31-18(28)22-14-9-23(4)16(21-14)17(27)20-13(10-25)15(26)11-5-7-12(8-6-11)24(29)30/h5-9,13,15,25-26H,10H2,1-4H3,(H,20,27)(H,22,28)/t13-,15-/m0/s1. The fourth-order valence-electron chi connectivity index (χ4n) is 2.63. The van der Waals surface area contributed by atoms with Crippen molar-refractivity contribution in [2.45, 2.75) is 38.5 Å². The Balaban J connectivity index is 2.09. The first-order valence-corrected chi connectivity index (χ1v) is 9.28. The van der Waals surface area contributed by atoms with Gasteiger partial charge in [-0.1, -0.05) is 0 Å². The molecule has 2 rings (SSSR count). The predicted octanol–water partition coefficient (Wildman–Crippen LogP) is 1.50. The fraction of sp³-hybridized carbons (Fsp3) is 0.421. The zero-order chi connectivity index (χ0) is 23.3. The van der Waals surface area contributed by atoms with Gasteiger partial charge in [0.25, 0.3) is 11.6 Å². The summed E-state index contributed by atoms with van der Waals surface area (Å²) < 4.78 is 6.48. The number of carbonyl (C=O) groups excluding carboxylic acids is 2. The molecule has 1 aromatic carbocycles. The van der Waals surface area contributed by atoms with E-state index >= 15 is 0 Å². The van der Waals surface area contributed by atoms with Gasteiger partial charge >= 0.3 is 6.09 Å². The Bertz CT molecular complexity index is 950. The molecule has 2 amide bonds. The van der Waals surface area contributed by atoms with Crippen LogP contribution in [0.5, 0.6) is 0 Å². The van der Waals surface area contributed by atoms with Crippen molar-refractivity contribution in [3.8, 4) is 0 Å². The van der Waals surface area contributed by atoms with Crippen molar-refractivity contribution in [2.24, 2.45) is 7.05 Å². The number of imidazole rings is 1. The second-order valence-electron chi connectivity index (χ2n) is 7.74. The first kappa shape index (κ1) is 23.8. The highest BCUT2D eigenvalue weighted by Gasteiger charge is 2.26. The molecule has 2 aromatic rings. The summed E-state index contributed by atoms with van der Waals surface area (Å²) in [6.07, 6.45) is -0.659. The Kier molecular flexibility index (Phi) is 7.31. The normalized spacial score (nSPS) is 13.2. The van der Waals surface area contributed by atoms with E-state index in [4.69, 9.17) is 4.74 Å². The molecule has 0 bridgehead atoms. The van der Waals surface area contributed by atoms with Crippen LogP contribution >= 0.6 is 0 Å². The zero-order valence-corrected chi connectivity index (χ0v) is 17.5. The van der Waals surface area contributed by atoms with Gasteiger partial charge in [-0.25, -0.2) is 9.78 Å². The molecule has 0 spiro atoms. The molecule has 0 aliphatic rings. The summed E-state index contributed by atoms with van der Waals surface area (Å²) in [5.41, 5.74) is -0.586. The predicted molar refractivity (Wildman–Crippen MR) is 109 cm³/mol. The number of rotatable bonds is 7. The Morgan fingerprint density at radius 3 is 2.42 bits per heavy atom. The highest BCUT2D eigenvalue weighted by molar-refractivity contribution is 5.92. The average Bonchev–Trinajstić information content (AvgIpc) is 3.03. The largest absolute Gasteiger partial charge is 0.444 e. The molecular formula is C19H25N5O7. The summed E-state index contributed by atoms with van der Waals surface area (Å²) in [7, 11) is 1.53. The number of aryl methyl sites for hydroxylation is 1. The molecule has 4 N–H and O–H groups in total. The number of nitrogens with zero attached hydrogens (tertiary/aromatic N) is 3. The summed E-state index contributed by atoms with van der Waals surface area (Å²) in [5, 5.41) is 35.7. The van der Waals surface area contributed by atoms with E-state index < -0.39 is 41.3 Å². The van der Waals surface area contributed by atoms with Gasteiger partial charge in [0.2, 0.25) is 5.82 Å². The van der Waals surface area contributed by atoms with Crippen LogP contribution in [0, 0.1) is 10.1 Å². The number of nitrogens with one attached hydrogen (secondary N) is 2. The molecule has 0 radical (unpaired) electrons. The number of hydrogen-bond acceptors (Lipinski definition) is 8. The van der Waals surface area contributed by atoms with Crippen LogP contribution in [0.25, 0.3) is 0 Å². The lowest BCUT2D eigenvalue weighted by Crippen LogP contribution is -2.42. The maximum atomic E-state index is 12.6. The number of nitro groups is 1. The number of hydrogen-bond donors (Lipinski definition) is 4. The van der Waals surface area contributed by atoms with E-state index in [0.29, 0.717) is 0 Å². The molecule has 0 saturated carbocycles. The van der Waals surface area contributed by atoms with Crippen molar-refractivity contribution in [3.63, 3.8) is 0 Å². The SMILES string of the molecule is Cn1cc(NC(=O)OC(C)(C)C)nc1C(=O)N[C@@H](CO)[C@@H](O)c1ccc([N+](=O)[O-])cc1. The number of non-ortho nitro benzene ring substituents is 1. The first-order chi connectivity index (χ1) is 14.4. The molecule has 0 saturated heterocycles. The van der Waals surface area contributed by atoms with Crippen molar-refractivity contribution in [1.82, 2.24) is 14.9 Å². The lowest BCUT2D eigenvalue weighted by Gasteiger charge is -2.22. The Labute approximate surface area is 178 Å². The molecule has 0 aliphatic carbocycles. The summed E-state index contributed by atoms with van der Waals surface area (Å²) >= 11 is 0. The number of nitro benzene ring substituents is 1. The lowest BCUT2D eigenvalue weighted by molar-refractivity contribution is -0.384. The van der Waals surface area contributed by atoms with Gasteiger partial charge in [0, 0.05) is 25.4 Å². The number of carbonyl (C=O) groups is 2. The summed E-state index contributed by atoms with van der Waals surface area (Å²) in [6, 6.07) is 3.99. The van der Waals surface area contributed by atoms with Crippen LogP contribution in [0.3, 0.4) is 0 Å². The summed E-state index contributed by atoms with van der Waals surface area (Å²) in [6.45, 7) is 4.51. The van der Waals surface area contributed by atoms with Gasteiger partial charge in [0.1, 0.15) is 11.7 Å². The van der Waals surface area contributed by atoms with E-state index in [1.54, 1.807) is 20.8 Å². The monoisotopic (exact) mass is 435 g/mol. The van der Waals surface area contributed by atoms with Crippen LogP contribution in [0.1, 0.15) is 43.1 Å². The second kappa shape index (κ2) is 9.53. The number of aromatic nitrogens is 2. The zero-order valence-electron chi connectivity index (χ0n) is 17.5. The van der Waals surface area contributed by atoms with E-state index in [-0.39, 0.29) is 22.9 Å². The third-order valence-electron chi connectivity index (χ3n) is 4.05. The molecule has 168 valence electrons. The number of aliphatic hydroxyl groups is 2. The van der Waals surface area contributed by atoms with Crippen LogP contribution in [0.4, 0.5) is 16.3 Å². The van der Waals surface area contributed by atoms with Crippen molar-refractivity contribution < 1.29 is 29.5 Å². The second-order valence-corrected chi connectivity index (χ2v) is 7.74. The number of aliphatic hydroxyl groups excluding tert-OH is 2. The smallest absolute Gasteiger partial charge is 0.413 e. The molecule has 1 aromatic heterocycles. The third-order valence-corrected chi connectivity index (χ3v) is 4.05. The topological polar surface area (TPSA) is 169 Å². The van der Waals surface area contributed by atoms with Crippen LogP contribution in [-0.2, 0) is 11.8 Å². The maximum absolute atomic E-state index is 12.6. The third kappa shape index (κ3) is 6.49. The molecule has 0 fully saturated rings. The van der Waals surface area contributed by atoms with E-state index in [0.717, 1.165) is 0 Å². The van der Waals surface area contributed by atoms with Gasteiger partial charge in [0.05, 0.1) is 17.6 Å². The van der Waals surface area contributed by atoms with Gasteiger partial charge in [-0.2, -0.15) is 0 Å². The molecule has 31 heavy (non-hydrogen) atoms. The van der Waals surface area contributed by atoms with E-state index in [2.05, 4.69) is 15.6 Å². The van der Waals surface area contributed by atoms with Gasteiger partial charge < -0.3 is 24.8 Å². The average molecular weight is 435 g/mol. The quantitative estimate of drug-likeness (QED) is 0.374. The summed E-state index contributed by atoms with van der Waals surface area (Å²) in [4.78, 5) is 38.7. The molecule has 12 heteroatoms. The van der Waals surface area contributed by atoms with Crippen molar-refractivity contribution in [3.05, 3.63) is 52.0 Å². The van der Waals surface area contributed by atoms with E-state index in [1.807, 2.05) is 0 Å². The summed E-state index contributed by atoms with van der Waals surface area (Å²) in [5.74, 6) is -0.710. The lowest BCUT2D eigenvalue weighted by atomic mass is 10.0. The van der Waals surface area contributed by atoms with E-state index in [9.17, 15) is 29.9 Å². The highest BCUT2D eigenvalue weighted by Crippen LogP contribution is 2.21. The molecule has 0 aliphatic heterocycles. The minimum absolute atomic E-state index is 0.0818. The van der Waals surface area contributed by atoms with Crippen LogP contribution in [-0.4, -0.2) is 54.9 Å². The minimum Gasteiger partial charge on any atom is -0.444 e. The van der Waals surface area contributed by atoms with E-state index in [1.165, 1.54) is 42.1 Å². The van der Waals surface area contributed by atoms with Crippen molar-refractivity contribution in [2.75, 3.05) is 11.9 Å². The van der Waals surface area contributed by atoms with Gasteiger partial charge in [-0.3, -0.25) is 20.2 Å². The molecule has 12 nitrogen and oxygen atoms in total. The van der Waals surface area contributed by atoms with Crippen LogP contribution in [0.2, 0.25) is 0 Å². The Hall–Kier alpha value is -3.51.